The smallest absolute Gasteiger partial charge is 0.240 e. The zero-order valence-corrected chi connectivity index (χ0v) is 14.1. The summed E-state index contributed by atoms with van der Waals surface area (Å²) in [5.41, 5.74) is 2.08. The van der Waals surface area contributed by atoms with E-state index in [1.165, 1.54) is 0 Å². The van der Waals surface area contributed by atoms with Crippen molar-refractivity contribution in [1.29, 1.82) is 0 Å². The van der Waals surface area contributed by atoms with Gasteiger partial charge in [-0.1, -0.05) is 13.0 Å². The molecule has 1 rings (SSSR count). The number of rotatable bonds is 9. The van der Waals surface area contributed by atoms with Crippen molar-refractivity contribution in [2.75, 3.05) is 19.7 Å². The molecule has 0 bridgehead atoms. The lowest BCUT2D eigenvalue weighted by Crippen LogP contribution is -2.28. The van der Waals surface area contributed by atoms with Gasteiger partial charge in [-0.25, -0.2) is 13.1 Å². The second-order valence-electron chi connectivity index (χ2n) is 5.19. The third-order valence-electron chi connectivity index (χ3n) is 3.04. The van der Waals surface area contributed by atoms with Gasteiger partial charge in [0.1, 0.15) is 0 Å². The van der Waals surface area contributed by atoms with Crippen LogP contribution in [0.5, 0.6) is 0 Å². The van der Waals surface area contributed by atoms with Crippen molar-refractivity contribution in [2.24, 2.45) is 0 Å². The Labute approximate surface area is 128 Å². The fourth-order valence-corrected chi connectivity index (χ4v) is 2.88. The van der Waals surface area contributed by atoms with Crippen LogP contribution in [0.25, 0.3) is 0 Å². The summed E-state index contributed by atoms with van der Waals surface area (Å²) in [4.78, 5) is 0.297. The minimum absolute atomic E-state index is 0.0978. The maximum atomic E-state index is 12.2. The number of hydrogen-bond acceptors (Lipinski definition) is 4. The molecule has 6 heteroatoms. The standard InChI is InChI=1S/C15H26N2O3S/c1-5-16-11-14-10-15(7-6-13(14)4)21(18,19)17-8-9-20-12(2)3/h6-7,10,12,16-17H,5,8-9,11H2,1-4H3. The SMILES string of the molecule is CCNCc1cc(S(=O)(=O)NCCOC(C)C)ccc1C. The molecule has 0 aliphatic carbocycles. The van der Waals surface area contributed by atoms with E-state index in [1.54, 1.807) is 12.1 Å². The first-order valence-electron chi connectivity index (χ1n) is 7.28. The van der Waals surface area contributed by atoms with Crippen LogP contribution < -0.4 is 10.0 Å². The van der Waals surface area contributed by atoms with Crippen molar-refractivity contribution >= 4 is 10.0 Å². The Kier molecular flexibility index (Phi) is 7.31. The fraction of sp³-hybridized carbons (Fsp3) is 0.600. The van der Waals surface area contributed by atoms with Gasteiger partial charge >= 0.3 is 0 Å². The second kappa shape index (κ2) is 8.48. The van der Waals surface area contributed by atoms with E-state index in [9.17, 15) is 8.42 Å². The van der Waals surface area contributed by atoms with Crippen molar-refractivity contribution in [3.63, 3.8) is 0 Å². The normalized spacial score (nSPS) is 12.0. The zero-order chi connectivity index (χ0) is 15.9. The Morgan fingerprint density at radius 3 is 2.62 bits per heavy atom. The van der Waals surface area contributed by atoms with Crippen LogP contribution in [-0.2, 0) is 21.3 Å². The zero-order valence-electron chi connectivity index (χ0n) is 13.3. The fourth-order valence-electron chi connectivity index (χ4n) is 1.82. The molecule has 0 saturated heterocycles. The van der Waals surface area contributed by atoms with Crippen LogP contribution in [0.15, 0.2) is 23.1 Å². The summed E-state index contributed by atoms with van der Waals surface area (Å²) in [6.07, 6.45) is 0.0978. The van der Waals surface area contributed by atoms with Gasteiger partial charge in [-0.2, -0.15) is 0 Å². The Balaban J connectivity index is 2.73. The first-order chi connectivity index (χ1) is 9.86. The lowest BCUT2D eigenvalue weighted by atomic mass is 10.1. The minimum atomic E-state index is -3.48. The molecule has 0 aliphatic heterocycles. The van der Waals surface area contributed by atoms with Crippen LogP contribution in [0.2, 0.25) is 0 Å². The molecular formula is C15H26N2O3S. The van der Waals surface area contributed by atoms with Gasteiger partial charge in [0.15, 0.2) is 0 Å². The highest BCUT2D eigenvalue weighted by Gasteiger charge is 2.14. The van der Waals surface area contributed by atoms with Gasteiger partial charge in [-0.05, 0) is 50.6 Å². The van der Waals surface area contributed by atoms with Gasteiger partial charge in [0.25, 0.3) is 0 Å². The average Bonchev–Trinajstić information content (AvgIpc) is 2.42. The molecule has 2 N–H and O–H groups in total. The van der Waals surface area contributed by atoms with E-state index < -0.39 is 10.0 Å². The molecule has 0 heterocycles. The largest absolute Gasteiger partial charge is 0.377 e. The first kappa shape index (κ1) is 18.1. The predicted molar refractivity (Wildman–Crippen MR) is 84.8 cm³/mol. The first-order valence-corrected chi connectivity index (χ1v) is 8.76. The van der Waals surface area contributed by atoms with Gasteiger partial charge in [0, 0.05) is 13.1 Å². The van der Waals surface area contributed by atoms with Crippen LogP contribution >= 0.6 is 0 Å². The number of sulfonamides is 1. The summed E-state index contributed by atoms with van der Waals surface area (Å²) in [6, 6.07) is 5.20. The quantitative estimate of drug-likeness (QED) is 0.682. The minimum Gasteiger partial charge on any atom is -0.377 e. The summed E-state index contributed by atoms with van der Waals surface area (Å²) in [5, 5.41) is 3.21. The van der Waals surface area contributed by atoms with E-state index in [4.69, 9.17) is 4.74 Å². The summed E-state index contributed by atoms with van der Waals surface area (Å²) in [6.45, 7) is 10.00. The Hall–Kier alpha value is -0.950. The highest BCUT2D eigenvalue weighted by molar-refractivity contribution is 7.89. The van der Waals surface area contributed by atoms with Crippen LogP contribution in [0.1, 0.15) is 31.9 Å². The molecule has 5 nitrogen and oxygen atoms in total. The van der Waals surface area contributed by atoms with E-state index >= 15 is 0 Å². The van der Waals surface area contributed by atoms with Crippen LogP contribution in [0.4, 0.5) is 0 Å². The van der Waals surface area contributed by atoms with Crippen LogP contribution in [0.3, 0.4) is 0 Å². The number of nitrogens with one attached hydrogen (secondary N) is 2. The van der Waals surface area contributed by atoms with Crippen molar-refractivity contribution < 1.29 is 13.2 Å². The monoisotopic (exact) mass is 314 g/mol. The van der Waals surface area contributed by atoms with Crippen molar-refractivity contribution in [3.8, 4) is 0 Å². The van der Waals surface area contributed by atoms with E-state index in [0.29, 0.717) is 18.0 Å². The molecule has 1 aromatic carbocycles. The third kappa shape index (κ3) is 6.13. The lowest BCUT2D eigenvalue weighted by molar-refractivity contribution is 0.0834. The molecule has 120 valence electrons. The number of benzene rings is 1. The topological polar surface area (TPSA) is 67.4 Å². The Morgan fingerprint density at radius 2 is 2.00 bits per heavy atom. The lowest BCUT2D eigenvalue weighted by Gasteiger charge is -2.12. The van der Waals surface area contributed by atoms with Gasteiger partial charge in [0.05, 0.1) is 17.6 Å². The molecule has 21 heavy (non-hydrogen) atoms. The van der Waals surface area contributed by atoms with Crippen molar-refractivity contribution in [3.05, 3.63) is 29.3 Å². The summed E-state index contributed by atoms with van der Waals surface area (Å²) < 4.78 is 32.3. The summed E-state index contributed by atoms with van der Waals surface area (Å²) in [7, 11) is -3.48. The van der Waals surface area contributed by atoms with Gasteiger partial charge < -0.3 is 10.1 Å². The second-order valence-corrected chi connectivity index (χ2v) is 6.95. The van der Waals surface area contributed by atoms with E-state index in [0.717, 1.165) is 17.7 Å². The maximum absolute atomic E-state index is 12.2. The molecule has 0 saturated carbocycles. The van der Waals surface area contributed by atoms with Crippen LogP contribution in [0, 0.1) is 6.92 Å². The highest BCUT2D eigenvalue weighted by Crippen LogP contribution is 2.15. The van der Waals surface area contributed by atoms with Crippen LogP contribution in [-0.4, -0.2) is 34.2 Å². The molecule has 0 amide bonds. The highest BCUT2D eigenvalue weighted by atomic mass is 32.2. The van der Waals surface area contributed by atoms with E-state index in [-0.39, 0.29) is 12.6 Å². The molecule has 0 unspecified atom stereocenters. The molecule has 0 fully saturated rings. The van der Waals surface area contributed by atoms with Gasteiger partial charge in [-0.3, -0.25) is 0 Å². The Morgan fingerprint density at radius 1 is 1.29 bits per heavy atom. The molecular weight excluding hydrogens is 288 g/mol. The number of aryl methyl sites for hydroxylation is 1. The predicted octanol–water partition coefficient (Wildman–Crippen LogP) is 1.81. The van der Waals surface area contributed by atoms with Gasteiger partial charge in [0.2, 0.25) is 10.0 Å². The number of ether oxygens (including phenoxy) is 1. The number of hydrogen-bond donors (Lipinski definition) is 2. The summed E-state index contributed by atoms with van der Waals surface area (Å²) in [5.74, 6) is 0. The molecule has 0 atom stereocenters. The molecule has 0 aliphatic rings. The van der Waals surface area contributed by atoms with Gasteiger partial charge in [-0.15, -0.1) is 0 Å². The van der Waals surface area contributed by atoms with Crippen molar-refractivity contribution in [1.82, 2.24) is 10.0 Å². The maximum Gasteiger partial charge on any atom is 0.240 e. The average molecular weight is 314 g/mol. The molecule has 0 aromatic heterocycles. The van der Waals surface area contributed by atoms with E-state index in [2.05, 4.69) is 10.0 Å². The summed E-state index contributed by atoms with van der Waals surface area (Å²) >= 11 is 0. The Bertz CT molecular complexity index is 542. The molecule has 0 radical (unpaired) electrons. The molecule has 1 aromatic rings. The third-order valence-corrected chi connectivity index (χ3v) is 4.50. The van der Waals surface area contributed by atoms with Crippen molar-refractivity contribution in [2.45, 2.75) is 45.2 Å². The molecule has 0 spiro atoms. The van der Waals surface area contributed by atoms with E-state index in [1.807, 2.05) is 33.8 Å².